The Balaban J connectivity index is 1.82. The maximum Gasteiger partial charge on any atom is 0.355 e. The van der Waals surface area contributed by atoms with Gasteiger partial charge in [-0.2, -0.15) is 0 Å². The molecular weight excluding hydrogens is 346 g/mol. The molecule has 2 N–H and O–H groups in total. The van der Waals surface area contributed by atoms with Crippen molar-refractivity contribution < 1.29 is 28.2 Å². The van der Waals surface area contributed by atoms with Gasteiger partial charge in [-0.25, -0.2) is 13.6 Å². The highest BCUT2D eigenvalue weighted by Crippen LogP contribution is 2.28. The van der Waals surface area contributed by atoms with Crippen LogP contribution >= 0.6 is 0 Å². The molecule has 1 saturated heterocycles. The number of benzene rings is 1. The molecule has 1 aliphatic heterocycles. The van der Waals surface area contributed by atoms with Gasteiger partial charge in [0.05, 0.1) is 5.52 Å². The van der Waals surface area contributed by atoms with Crippen molar-refractivity contribution >= 4 is 22.8 Å². The monoisotopic (exact) mass is 366 g/mol. The summed E-state index contributed by atoms with van der Waals surface area (Å²) in [7, 11) is 0. The number of esters is 1. The van der Waals surface area contributed by atoms with E-state index >= 15 is 0 Å². The number of rotatable bonds is 7. The average Bonchev–Trinajstić information content (AvgIpc) is 3.20. The van der Waals surface area contributed by atoms with Crippen LogP contribution in [0.5, 0.6) is 0 Å². The normalized spacial score (nSPS) is 14.8. The van der Waals surface area contributed by atoms with Gasteiger partial charge < -0.3 is 14.8 Å². The predicted octanol–water partition coefficient (Wildman–Crippen LogP) is 2.72. The first-order valence-electron chi connectivity index (χ1n) is 8.56. The third-order valence-corrected chi connectivity index (χ3v) is 4.55. The molecule has 1 aromatic heterocycles. The van der Waals surface area contributed by atoms with Gasteiger partial charge in [0, 0.05) is 24.4 Å². The topological polar surface area (TPSA) is 82.6 Å². The van der Waals surface area contributed by atoms with E-state index in [1.165, 1.54) is 0 Å². The number of aromatic amines is 1. The van der Waals surface area contributed by atoms with Crippen LogP contribution in [-0.2, 0) is 16.0 Å². The molecule has 1 aromatic carbocycles. The molecule has 0 unspecified atom stereocenters. The van der Waals surface area contributed by atoms with Crippen LogP contribution < -0.4 is 0 Å². The van der Waals surface area contributed by atoms with Gasteiger partial charge in [-0.05, 0) is 44.0 Å². The van der Waals surface area contributed by atoms with Crippen LogP contribution in [-0.4, -0.2) is 53.2 Å². The number of ether oxygens (including phenoxy) is 1. The Hall–Kier alpha value is -2.48. The van der Waals surface area contributed by atoms with E-state index in [0.29, 0.717) is 12.6 Å². The van der Waals surface area contributed by atoms with E-state index in [1.807, 2.05) is 0 Å². The fourth-order valence-corrected chi connectivity index (χ4v) is 3.32. The number of nitrogens with zero attached hydrogens (tertiary/aromatic N) is 1. The zero-order valence-corrected chi connectivity index (χ0v) is 14.2. The standard InChI is InChI=1S/C18H20F2N2O4/c19-11-9-13(20)16-12(3-4-15(23)24)17(21-14(16)10-11)18(25)26-8-7-22-5-1-2-6-22/h9-10,21H,1-8H2,(H,23,24). The zero-order chi connectivity index (χ0) is 18.7. The molecule has 2 heterocycles. The van der Waals surface area contributed by atoms with Crippen LogP contribution in [0.4, 0.5) is 8.78 Å². The second-order valence-electron chi connectivity index (χ2n) is 6.37. The molecule has 0 saturated carbocycles. The van der Waals surface area contributed by atoms with E-state index in [0.717, 1.165) is 32.0 Å². The number of likely N-dealkylation sites (tertiary alicyclic amines) is 1. The van der Waals surface area contributed by atoms with E-state index < -0.39 is 23.6 Å². The smallest absolute Gasteiger partial charge is 0.355 e. The SMILES string of the molecule is O=C(O)CCc1c(C(=O)OCCN2CCCC2)[nH]c2cc(F)cc(F)c12. The first-order valence-corrected chi connectivity index (χ1v) is 8.56. The highest BCUT2D eigenvalue weighted by Gasteiger charge is 2.23. The zero-order valence-electron chi connectivity index (χ0n) is 14.2. The molecule has 26 heavy (non-hydrogen) atoms. The fourth-order valence-electron chi connectivity index (χ4n) is 3.32. The van der Waals surface area contributed by atoms with E-state index in [4.69, 9.17) is 9.84 Å². The van der Waals surface area contributed by atoms with Crippen molar-refractivity contribution in [3.63, 3.8) is 0 Å². The maximum atomic E-state index is 14.2. The lowest BCUT2D eigenvalue weighted by Crippen LogP contribution is -2.25. The van der Waals surface area contributed by atoms with E-state index in [2.05, 4.69) is 9.88 Å². The molecule has 3 rings (SSSR count). The minimum Gasteiger partial charge on any atom is -0.481 e. The lowest BCUT2D eigenvalue weighted by molar-refractivity contribution is -0.136. The average molecular weight is 366 g/mol. The fraction of sp³-hybridized carbons (Fsp3) is 0.444. The van der Waals surface area contributed by atoms with Gasteiger partial charge in [-0.1, -0.05) is 0 Å². The molecule has 0 amide bonds. The van der Waals surface area contributed by atoms with Gasteiger partial charge in [-0.15, -0.1) is 0 Å². The Kier molecular flexibility index (Phi) is 5.51. The minimum absolute atomic E-state index is 0.0211. The van der Waals surface area contributed by atoms with Crippen LogP contribution in [0.3, 0.4) is 0 Å². The van der Waals surface area contributed by atoms with Crippen molar-refractivity contribution in [1.29, 1.82) is 0 Å². The number of hydrogen-bond donors (Lipinski definition) is 2. The highest BCUT2D eigenvalue weighted by molar-refractivity contribution is 5.98. The second-order valence-corrected chi connectivity index (χ2v) is 6.37. The van der Waals surface area contributed by atoms with Crippen LogP contribution in [0.15, 0.2) is 12.1 Å². The number of carbonyl (C=O) groups excluding carboxylic acids is 1. The number of carbonyl (C=O) groups is 2. The third-order valence-electron chi connectivity index (χ3n) is 4.55. The van der Waals surface area contributed by atoms with Gasteiger partial charge in [0.15, 0.2) is 0 Å². The van der Waals surface area contributed by atoms with Crippen molar-refractivity contribution in [2.24, 2.45) is 0 Å². The largest absolute Gasteiger partial charge is 0.481 e. The van der Waals surface area contributed by atoms with Crippen LogP contribution in [0.25, 0.3) is 10.9 Å². The van der Waals surface area contributed by atoms with Crippen molar-refractivity contribution in [3.8, 4) is 0 Å². The van der Waals surface area contributed by atoms with Crippen molar-refractivity contribution in [1.82, 2.24) is 9.88 Å². The van der Waals surface area contributed by atoms with Gasteiger partial charge >= 0.3 is 11.9 Å². The first-order chi connectivity index (χ1) is 12.5. The molecule has 0 aliphatic carbocycles. The Morgan fingerprint density at radius 1 is 1.23 bits per heavy atom. The summed E-state index contributed by atoms with van der Waals surface area (Å²) in [5, 5.41) is 8.93. The number of hydrogen-bond acceptors (Lipinski definition) is 4. The Morgan fingerprint density at radius 2 is 1.96 bits per heavy atom. The Morgan fingerprint density at radius 3 is 2.65 bits per heavy atom. The third kappa shape index (κ3) is 4.01. The number of aliphatic carboxylic acids is 1. The number of aryl methyl sites for hydroxylation is 1. The Labute approximate surface area is 148 Å². The predicted molar refractivity (Wildman–Crippen MR) is 90.1 cm³/mol. The summed E-state index contributed by atoms with van der Waals surface area (Å²) in [6, 6.07) is 1.78. The number of fused-ring (bicyclic) bond motifs is 1. The lowest BCUT2D eigenvalue weighted by atomic mass is 10.0. The molecule has 1 fully saturated rings. The number of halogens is 2. The lowest BCUT2D eigenvalue weighted by Gasteiger charge is -2.14. The van der Waals surface area contributed by atoms with Crippen molar-refractivity contribution in [2.75, 3.05) is 26.2 Å². The summed E-state index contributed by atoms with van der Waals surface area (Å²) < 4.78 is 32.9. The van der Waals surface area contributed by atoms with Crippen LogP contribution in [0, 0.1) is 11.6 Å². The van der Waals surface area contributed by atoms with Gasteiger partial charge in [0.2, 0.25) is 0 Å². The van der Waals surface area contributed by atoms with Gasteiger partial charge in [0.1, 0.15) is 23.9 Å². The molecule has 1 aliphatic rings. The number of H-pyrrole nitrogens is 1. The van der Waals surface area contributed by atoms with Crippen LogP contribution in [0.1, 0.15) is 35.3 Å². The molecule has 6 nitrogen and oxygen atoms in total. The van der Waals surface area contributed by atoms with E-state index in [9.17, 15) is 18.4 Å². The number of nitrogens with one attached hydrogen (secondary N) is 1. The molecule has 0 spiro atoms. The highest BCUT2D eigenvalue weighted by atomic mass is 19.1. The molecule has 0 atom stereocenters. The second kappa shape index (κ2) is 7.82. The number of carboxylic acid groups (broad SMARTS) is 1. The quantitative estimate of drug-likeness (QED) is 0.737. The van der Waals surface area contributed by atoms with E-state index in [-0.39, 0.29) is 41.6 Å². The number of carboxylic acids is 1. The van der Waals surface area contributed by atoms with Crippen molar-refractivity contribution in [3.05, 3.63) is 35.0 Å². The molecular formula is C18H20F2N2O4. The maximum absolute atomic E-state index is 14.2. The number of aromatic nitrogens is 1. The summed E-state index contributed by atoms with van der Waals surface area (Å²) >= 11 is 0. The van der Waals surface area contributed by atoms with Crippen LogP contribution in [0.2, 0.25) is 0 Å². The molecule has 8 heteroatoms. The van der Waals surface area contributed by atoms with Crippen molar-refractivity contribution in [2.45, 2.75) is 25.7 Å². The minimum atomic E-state index is -1.07. The summed E-state index contributed by atoms with van der Waals surface area (Å²) in [6.45, 7) is 2.74. The Bertz CT molecular complexity index is 828. The summed E-state index contributed by atoms with van der Waals surface area (Å²) in [6.07, 6.45) is 1.91. The molecule has 2 aromatic rings. The summed E-state index contributed by atoms with van der Waals surface area (Å²) in [5.74, 6) is -3.39. The molecule has 0 bridgehead atoms. The van der Waals surface area contributed by atoms with Gasteiger partial charge in [-0.3, -0.25) is 9.69 Å². The summed E-state index contributed by atoms with van der Waals surface area (Å²) in [4.78, 5) is 28.2. The molecule has 0 radical (unpaired) electrons. The summed E-state index contributed by atoms with van der Waals surface area (Å²) in [5.41, 5.74) is 0.285. The molecule has 140 valence electrons. The first kappa shape index (κ1) is 18.3. The van der Waals surface area contributed by atoms with Gasteiger partial charge in [0.25, 0.3) is 0 Å². The van der Waals surface area contributed by atoms with E-state index in [1.54, 1.807) is 0 Å².